The summed E-state index contributed by atoms with van der Waals surface area (Å²) in [5, 5.41) is 12.2. The summed E-state index contributed by atoms with van der Waals surface area (Å²) < 4.78 is 4.89. The Balaban J connectivity index is 0.000000294. The number of nitrogens with one attached hydrogen (secondary N) is 1. The van der Waals surface area contributed by atoms with Crippen molar-refractivity contribution in [2.45, 2.75) is 13.8 Å². The number of anilines is 2. The van der Waals surface area contributed by atoms with E-state index in [-0.39, 0.29) is 11.7 Å². The largest absolute Gasteiger partial charge is 0.508 e. The monoisotopic (exact) mass is 616 g/mol. The molecule has 0 unspecified atom stereocenters. The maximum Gasteiger partial charge on any atom is 0.221 e. The van der Waals surface area contributed by atoms with E-state index in [4.69, 9.17) is 21.4 Å². The Labute approximate surface area is 263 Å². The third-order valence-electron chi connectivity index (χ3n) is 5.48. The number of halogens is 1. The smallest absolute Gasteiger partial charge is 0.221 e. The minimum Gasteiger partial charge on any atom is -0.508 e. The van der Waals surface area contributed by atoms with E-state index in [0.717, 1.165) is 40.6 Å². The van der Waals surface area contributed by atoms with E-state index in [1.807, 2.05) is 68.4 Å². The van der Waals surface area contributed by atoms with Gasteiger partial charge in [-0.2, -0.15) is 0 Å². The van der Waals surface area contributed by atoms with Gasteiger partial charge in [-0.05, 0) is 78.7 Å². The quantitative estimate of drug-likeness (QED) is 0.206. The second-order valence-corrected chi connectivity index (χ2v) is 9.81. The molecule has 9 heteroatoms. The number of ether oxygens (including phenoxy) is 1. The van der Waals surface area contributed by atoms with Crippen molar-refractivity contribution in [3.8, 4) is 11.5 Å². The molecular weight excluding hydrogens is 580 g/mol. The molecule has 2 N–H and O–H groups in total. The fraction of sp³-hybridized carbons (Fsp3) is 0.143. The molecule has 0 aromatic heterocycles. The van der Waals surface area contributed by atoms with Crippen LogP contribution >= 0.6 is 11.6 Å². The maximum atomic E-state index is 10.6. The molecule has 0 heterocycles. The van der Waals surface area contributed by atoms with Crippen molar-refractivity contribution in [3.05, 3.63) is 124 Å². The number of carbonyl (C=O) groups excluding carboxylic acids is 4. The zero-order valence-corrected chi connectivity index (χ0v) is 26.2. The third-order valence-corrected chi connectivity index (χ3v) is 5.69. The van der Waals surface area contributed by atoms with E-state index in [9.17, 15) is 19.2 Å². The summed E-state index contributed by atoms with van der Waals surface area (Å²) in [6.07, 6.45) is 4.06. The van der Waals surface area contributed by atoms with E-state index in [1.54, 1.807) is 42.5 Å². The van der Waals surface area contributed by atoms with Gasteiger partial charge in [-0.15, -0.1) is 0 Å². The van der Waals surface area contributed by atoms with Crippen LogP contribution in [-0.2, 0) is 4.79 Å². The number of hydrogen-bond donors (Lipinski definition) is 2. The van der Waals surface area contributed by atoms with Gasteiger partial charge < -0.3 is 20.1 Å². The molecule has 0 aliphatic heterocycles. The van der Waals surface area contributed by atoms with E-state index in [1.165, 1.54) is 20.1 Å². The Morgan fingerprint density at radius 3 is 1.95 bits per heavy atom. The van der Waals surface area contributed by atoms with Gasteiger partial charge in [0.1, 0.15) is 30.4 Å². The zero-order valence-electron chi connectivity index (χ0n) is 25.4. The summed E-state index contributed by atoms with van der Waals surface area (Å²) in [5.74, 6) is 0.683. The number of benzene rings is 4. The molecule has 0 bridgehead atoms. The zero-order chi connectivity index (χ0) is 33.1. The summed E-state index contributed by atoms with van der Waals surface area (Å²) in [4.78, 5) is 43.5. The molecule has 4 aromatic rings. The Morgan fingerprint density at radius 2 is 1.45 bits per heavy atom. The second-order valence-electron chi connectivity index (χ2n) is 9.38. The fourth-order valence-electron chi connectivity index (χ4n) is 3.41. The van der Waals surface area contributed by atoms with Gasteiger partial charge in [-0.1, -0.05) is 48.5 Å². The van der Waals surface area contributed by atoms with Gasteiger partial charge >= 0.3 is 0 Å². The van der Waals surface area contributed by atoms with Crippen molar-refractivity contribution in [2.24, 2.45) is 0 Å². The van der Waals surface area contributed by atoms with Crippen LogP contribution in [0.15, 0.2) is 91.5 Å². The van der Waals surface area contributed by atoms with Crippen LogP contribution in [0.4, 0.5) is 11.4 Å². The predicted molar refractivity (Wildman–Crippen MR) is 179 cm³/mol. The summed E-state index contributed by atoms with van der Waals surface area (Å²) in [6, 6.07) is 24.6. The van der Waals surface area contributed by atoms with Crippen LogP contribution in [0.3, 0.4) is 0 Å². The number of carbonyl (C=O) groups is 4. The van der Waals surface area contributed by atoms with Crippen molar-refractivity contribution < 1.29 is 29.0 Å². The molecule has 0 saturated heterocycles. The maximum absolute atomic E-state index is 10.6. The first-order chi connectivity index (χ1) is 20.9. The van der Waals surface area contributed by atoms with Gasteiger partial charge in [0.2, 0.25) is 5.91 Å². The standard InChI is InChI=1S/C10H11NO.C9H11NO.C8H7ClO2.C8H8O2/c1-3-9-4-6-10(7-5-9)11-8(2)12;1-10(2)9-5-3-4-8(6-9)7-11;1-11-8-3-6(5-10)2-7(9)4-8;1-6-2-7(5-9)4-8(10)3-6/h3-7H,1H2,2H3,(H,11,12);3-7H,1-2H3;2-5H,1H3;2-5,10H,1H3. The van der Waals surface area contributed by atoms with E-state index in [2.05, 4.69) is 11.9 Å². The van der Waals surface area contributed by atoms with Crippen molar-refractivity contribution >= 4 is 53.8 Å². The van der Waals surface area contributed by atoms with Crippen molar-refractivity contribution in [3.63, 3.8) is 0 Å². The van der Waals surface area contributed by atoms with E-state index in [0.29, 0.717) is 28.2 Å². The lowest BCUT2D eigenvalue weighted by Gasteiger charge is -2.11. The minimum absolute atomic E-state index is 0.0543. The summed E-state index contributed by atoms with van der Waals surface area (Å²) >= 11 is 5.67. The van der Waals surface area contributed by atoms with Crippen molar-refractivity contribution in [1.29, 1.82) is 0 Å². The number of methoxy groups -OCH3 is 1. The number of aromatic hydroxyl groups is 1. The Bertz CT molecular complexity index is 1510. The molecule has 4 rings (SSSR count). The lowest BCUT2D eigenvalue weighted by molar-refractivity contribution is -0.114. The predicted octanol–water partition coefficient (Wildman–Crippen LogP) is 7.53. The molecule has 0 atom stereocenters. The van der Waals surface area contributed by atoms with Crippen LogP contribution in [0, 0.1) is 6.92 Å². The van der Waals surface area contributed by atoms with Crippen LogP contribution in [0.1, 0.15) is 49.1 Å². The highest BCUT2D eigenvalue weighted by Crippen LogP contribution is 2.19. The Hall–Kier alpha value is -5.21. The molecule has 230 valence electrons. The van der Waals surface area contributed by atoms with Gasteiger partial charge in [0.25, 0.3) is 0 Å². The molecule has 0 radical (unpaired) electrons. The van der Waals surface area contributed by atoms with Crippen LogP contribution in [0.5, 0.6) is 11.5 Å². The first-order valence-electron chi connectivity index (χ1n) is 13.2. The highest BCUT2D eigenvalue weighted by Gasteiger charge is 1.98. The highest BCUT2D eigenvalue weighted by molar-refractivity contribution is 6.31. The van der Waals surface area contributed by atoms with Crippen LogP contribution in [0.2, 0.25) is 5.02 Å². The topological polar surface area (TPSA) is 113 Å². The highest BCUT2D eigenvalue weighted by atomic mass is 35.5. The van der Waals surface area contributed by atoms with Crippen molar-refractivity contribution in [1.82, 2.24) is 0 Å². The molecule has 1 amide bonds. The normalized spacial score (nSPS) is 9.23. The van der Waals surface area contributed by atoms with Crippen molar-refractivity contribution in [2.75, 3.05) is 31.4 Å². The Kier molecular flexibility index (Phi) is 16.6. The Morgan fingerprint density at radius 1 is 0.841 bits per heavy atom. The molecule has 8 nitrogen and oxygen atoms in total. The average Bonchev–Trinajstić information content (AvgIpc) is 3.01. The number of phenols is 1. The minimum atomic E-state index is -0.0543. The first kappa shape index (κ1) is 36.8. The second kappa shape index (κ2) is 19.8. The van der Waals surface area contributed by atoms with Gasteiger partial charge in [0.15, 0.2) is 0 Å². The lowest BCUT2D eigenvalue weighted by atomic mass is 10.1. The van der Waals surface area contributed by atoms with Gasteiger partial charge in [0.05, 0.1) is 7.11 Å². The molecule has 4 aromatic carbocycles. The average molecular weight is 617 g/mol. The van der Waals surface area contributed by atoms with Crippen LogP contribution in [-0.4, -0.2) is 51.1 Å². The van der Waals surface area contributed by atoms with Crippen LogP contribution < -0.4 is 15.0 Å². The van der Waals surface area contributed by atoms with E-state index >= 15 is 0 Å². The van der Waals surface area contributed by atoms with E-state index < -0.39 is 0 Å². The number of nitrogens with zero attached hydrogens (tertiary/aromatic N) is 1. The SMILES string of the molecule is C=Cc1ccc(NC(C)=O)cc1.CN(C)c1cccc(C=O)c1.COc1cc(Cl)cc(C=O)c1.Cc1cc(O)cc(C=O)c1. The summed E-state index contributed by atoms with van der Waals surface area (Å²) in [5.41, 5.74) is 5.55. The molecule has 0 spiro atoms. The number of amides is 1. The summed E-state index contributed by atoms with van der Waals surface area (Å²) in [6.45, 7) is 6.95. The molecular formula is C35H37ClN2O6. The van der Waals surface area contributed by atoms with Gasteiger partial charge in [-0.3, -0.25) is 19.2 Å². The molecule has 0 aliphatic rings. The molecule has 44 heavy (non-hydrogen) atoms. The molecule has 0 fully saturated rings. The number of hydrogen-bond acceptors (Lipinski definition) is 7. The number of aryl methyl sites for hydroxylation is 1. The number of rotatable bonds is 7. The van der Waals surface area contributed by atoms with Crippen LogP contribution in [0.25, 0.3) is 6.08 Å². The number of phenolic OH excluding ortho intramolecular Hbond substituents is 1. The third kappa shape index (κ3) is 14.6. The number of aldehydes is 3. The lowest BCUT2D eigenvalue weighted by Crippen LogP contribution is -2.08. The molecule has 0 saturated carbocycles. The summed E-state index contributed by atoms with van der Waals surface area (Å²) in [7, 11) is 5.42. The fourth-order valence-corrected chi connectivity index (χ4v) is 3.65. The van der Waals surface area contributed by atoms with Gasteiger partial charge in [0, 0.05) is 54.1 Å². The molecule has 0 aliphatic carbocycles. The van der Waals surface area contributed by atoms with Gasteiger partial charge in [-0.25, -0.2) is 0 Å². The first-order valence-corrected chi connectivity index (χ1v) is 13.6.